The topological polar surface area (TPSA) is 98.5 Å². The van der Waals surface area contributed by atoms with Crippen LogP contribution in [0.2, 0.25) is 10.0 Å². The van der Waals surface area contributed by atoms with E-state index in [1.165, 1.54) is 23.8 Å². The molecule has 126 valence electrons. The number of ether oxygens (including phenoxy) is 1. The van der Waals surface area contributed by atoms with Crippen LogP contribution in [-0.2, 0) is 10.0 Å². The van der Waals surface area contributed by atoms with Gasteiger partial charge < -0.3 is 4.74 Å². The van der Waals surface area contributed by atoms with Crippen molar-refractivity contribution in [2.75, 3.05) is 11.8 Å². The fourth-order valence-corrected chi connectivity index (χ4v) is 4.14. The number of anilines is 1. The van der Waals surface area contributed by atoms with Gasteiger partial charge in [0.2, 0.25) is 0 Å². The summed E-state index contributed by atoms with van der Waals surface area (Å²) in [4.78, 5) is 7.94. The number of aromatic nitrogens is 4. The van der Waals surface area contributed by atoms with Crippen LogP contribution in [0.4, 0.5) is 5.95 Å². The molecule has 0 fully saturated rings. The summed E-state index contributed by atoms with van der Waals surface area (Å²) >= 11 is 11.9. The minimum absolute atomic E-state index is 0.00538. The summed E-state index contributed by atoms with van der Waals surface area (Å²) < 4.78 is 33.7. The highest BCUT2D eigenvalue weighted by atomic mass is 35.5. The normalized spacial score (nSPS) is 11.7. The number of benzene rings is 1. The van der Waals surface area contributed by atoms with E-state index in [0.717, 1.165) is 0 Å². The number of hydrogen-bond acceptors (Lipinski definition) is 6. The molecule has 1 N–H and O–H groups in total. The number of hydrogen-bond donors (Lipinski definition) is 1. The lowest BCUT2D eigenvalue weighted by molar-refractivity contribution is 0.367. The van der Waals surface area contributed by atoms with Crippen molar-refractivity contribution in [1.82, 2.24) is 19.6 Å². The summed E-state index contributed by atoms with van der Waals surface area (Å²) in [6, 6.07) is 4.57. The number of fused-ring (bicyclic) bond motifs is 1. The monoisotopic (exact) mass is 387 g/mol. The van der Waals surface area contributed by atoms with E-state index in [1.54, 1.807) is 19.2 Å². The zero-order chi connectivity index (χ0) is 17.5. The highest BCUT2D eigenvalue weighted by Crippen LogP contribution is 2.30. The van der Waals surface area contributed by atoms with E-state index in [0.29, 0.717) is 11.2 Å². The second kappa shape index (κ2) is 6.08. The highest BCUT2D eigenvalue weighted by Gasteiger charge is 2.24. The number of sulfonamides is 1. The molecule has 24 heavy (non-hydrogen) atoms. The van der Waals surface area contributed by atoms with Crippen molar-refractivity contribution < 1.29 is 13.2 Å². The molecule has 2 heterocycles. The van der Waals surface area contributed by atoms with E-state index >= 15 is 0 Å². The number of methoxy groups -OCH3 is 1. The zero-order valence-corrected chi connectivity index (χ0v) is 14.8. The summed E-state index contributed by atoms with van der Waals surface area (Å²) in [6.45, 7) is 1.76. The smallest absolute Gasteiger partial charge is 0.319 e. The minimum atomic E-state index is -4.07. The molecule has 3 rings (SSSR count). The fourth-order valence-electron chi connectivity index (χ4n) is 2.06. The molecule has 0 radical (unpaired) electrons. The van der Waals surface area contributed by atoms with Gasteiger partial charge in [-0.2, -0.15) is 9.50 Å². The van der Waals surface area contributed by atoms with Gasteiger partial charge in [-0.1, -0.05) is 29.3 Å². The van der Waals surface area contributed by atoms with Gasteiger partial charge in [-0.05, 0) is 19.1 Å². The Morgan fingerprint density at radius 1 is 1.25 bits per heavy atom. The average molecular weight is 388 g/mol. The Labute approximate surface area is 147 Å². The number of rotatable bonds is 4. The standard InChI is InChI=1S/C13H11Cl2N5O3S/c1-7-6-16-13(23-2)20-11(7)17-12(18-20)19-24(21,22)10-8(14)4-3-5-9(10)15/h3-6H,1-2H3,(H,18,19). The van der Waals surface area contributed by atoms with Crippen molar-refractivity contribution in [3.05, 3.63) is 40.0 Å². The van der Waals surface area contributed by atoms with Gasteiger partial charge in [0.15, 0.2) is 5.65 Å². The van der Waals surface area contributed by atoms with Gasteiger partial charge in [-0.25, -0.2) is 18.1 Å². The fraction of sp³-hybridized carbons (Fsp3) is 0.154. The molecule has 0 spiro atoms. The Balaban J connectivity index is 2.08. The number of aryl methyl sites for hydroxylation is 1. The number of nitrogens with one attached hydrogen (secondary N) is 1. The molecule has 0 aliphatic carbocycles. The van der Waals surface area contributed by atoms with Crippen LogP contribution in [0.5, 0.6) is 6.01 Å². The predicted molar refractivity (Wildman–Crippen MR) is 89.3 cm³/mol. The van der Waals surface area contributed by atoms with E-state index in [2.05, 4.69) is 19.8 Å². The molecule has 0 saturated heterocycles. The van der Waals surface area contributed by atoms with Gasteiger partial charge in [-0.3, -0.25) is 0 Å². The highest BCUT2D eigenvalue weighted by molar-refractivity contribution is 7.93. The van der Waals surface area contributed by atoms with E-state index in [9.17, 15) is 8.42 Å². The Bertz CT molecular complexity index is 1020. The lowest BCUT2D eigenvalue weighted by atomic mass is 10.4. The van der Waals surface area contributed by atoms with Crippen LogP contribution in [0.25, 0.3) is 5.65 Å². The largest absolute Gasteiger partial charge is 0.467 e. The van der Waals surface area contributed by atoms with Crippen molar-refractivity contribution in [1.29, 1.82) is 0 Å². The molecular weight excluding hydrogens is 377 g/mol. The lowest BCUT2D eigenvalue weighted by Gasteiger charge is -2.08. The van der Waals surface area contributed by atoms with Crippen LogP contribution in [0.1, 0.15) is 5.56 Å². The quantitative estimate of drug-likeness (QED) is 0.738. The molecule has 11 heteroatoms. The third kappa shape index (κ3) is 2.85. The van der Waals surface area contributed by atoms with Crippen molar-refractivity contribution in [2.24, 2.45) is 0 Å². The van der Waals surface area contributed by atoms with Gasteiger partial charge in [0.05, 0.1) is 17.2 Å². The molecular formula is C13H11Cl2N5O3S. The van der Waals surface area contributed by atoms with Crippen molar-refractivity contribution >= 4 is 44.8 Å². The van der Waals surface area contributed by atoms with Crippen LogP contribution in [-0.4, -0.2) is 35.1 Å². The van der Waals surface area contributed by atoms with Crippen LogP contribution < -0.4 is 9.46 Å². The Morgan fingerprint density at radius 3 is 2.54 bits per heavy atom. The first-order valence-corrected chi connectivity index (χ1v) is 8.80. The maximum absolute atomic E-state index is 12.5. The maximum atomic E-state index is 12.5. The van der Waals surface area contributed by atoms with Gasteiger partial charge in [0.25, 0.3) is 16.0 Å². The first kappa shape index (κ1) is 16.7. The third-order valence-corrected chi connectivity index (χ3v) is 5.39. The molecule has 3 aromatic rings. The van der Waals surface area contributed by atoms with Crippen LogP contribution in [0, 0.1) is 6.92 Å². The van der Waals surface area contributed by atoms with E-state index in [4.69, 9.17) is 27.9 Å². The molecule has 1 aromatic carbocycles. The van der Waals surface area contributed by atoms with Crippen LogP contribution in [0.3, 0.4) is 0 Å². The number of halogens is 2. The number of nitrogens with zero attached hydrogens (tertiary/aromatic N) is 4. The molecule has 0 atom stereocenters. The molecule has 0 unspecified atom stereocenters. The van der Waals surface area contributed by atoms with Crippen molar-refractivity contribution in [2.45, 2.75) is 11.8 Å². The van der Waals surface area contributed by atoms with Gasteiger partial charge in [-0.15, -0.1) is 5.10 Å². The first-order valence-electron chi connectivity index (χ1n) is 6.56. The summed E-state index contributed by atoms with van der Waals surface area (Å²) in [5, 5.41) is 4.05. The van der Waals surface area contributed by atoms with Crippen LogP contribution >= 0.6 is 23.2 Å². The summed E-state index contributed by atoms with van der Waals surface area (Å²) in [6.07, 6.45) is 1.55. The lowest BCUT2D eigenvalue weighted by Crippen LogP contribution is -2.15. The summed E-state index contributed by atoms with van der Waals surface area (Å²) in [5.41, 5.74) is 1.11. The summed E-state index contributed by atoms with van der Waals surface area (Å²) in [7, 11) is -2.65. The van der Waals surface area contributed by atoms with E-state index < -0.39 is 10.0 Å². The van der Waals surface area contributed by atoms with Crippen LogP contribution in [0.15, 0.2) is 29.3 Å². The Hall–Kier alpha value is -2.10. The average Bonchev–Trinajstić information content (AvgIpc) is 2.91. The maximum Gasteiger partial charge on any atom is 0.319 e. The summed E-state index contributed by atoms with van der Waals surface area (Å²) in [5.74, 6) is -0.152. The Morgan fingerprint density at radius 2 is 1.92 bits per heavy atom. The molecule has 0 aliphatic rings. The zero-order valence-electron chi connectivity index (χ0n) is 12.5. The van der Waals surface area contributed by atoms with Gasteiger partial charge >= 0.3 is 6.01 Å². The van der Waals surface area contributed by atoms with Gasteiger partial charge in [0.1, 0.15) is 4.90 Å². The SMILES string of the molecule is COc1ncc(C)c2nc(NS(=O)(=O)c3c(Cl)cccc3Cl)nn12. The van der Waals surface area contributed by atoms with E-state index in [-0.39, 0.29) is 26.9 Å². The minimum Gasteiger partial charge on any atom is -0.467 e. The first-order chi connectivity index (χ1) is 11.3. The second-order valence-electron chi connectivity index (χ2n) is 4.76. The third-order valence-electron chi connectivity index (χ3n) is 3.11. The molecule has 8 nitrogen and oxygen atoms in total. The predicted octanol–water partition coefficient (Wildman–Crippen LogP) is 2.55. The van der Waals surface area contributed by atoms with E-state index in [1.807, 2.05) is 0 Å². The molecule has 0 amide bonds. The molecule has 0 aliphatic heterocycles. The molecule has 0 bridgehead atoms. The van der Waals surface area contributed by atoms with Crippen molar-refractivity contribution in [3.8, 4) is 6.01 Å². The second-order valence-corrected chi connectivity index (χ2v) is 7.19. The van der Waals surface area contributed by atoms with Gasteiger partial charge in [0, 0.05) is 11.8 Å². The molecule has 0 saturated carbocycles. The van der Waals surface area contributed by atoms with Crippen molar-refractivity contribution in [3.63, 3.8) is 0 Å². The molecule has 2 aromatic heterocycles. The Kier molecular flexibility index (Phi) is 4.24.